The van der Waals surface area contributed by atoms with Crippen LogP contribution in [0.2, 0.25) is 0 Å². The Kier molecular flexibility index (Phi) is 3.80. The number of ether oxygens (including phenoxy) is 1. The lowest BCUT2D eigenvalue weighted by Gasteiger charge is -2.23. The van der Waals surface area contributed by atoms with Gasteiger partial charge < -0.3 is 9.64 Å². The Morgan fingerprint density at radius 2 is 2.05 bits per heavy atom. The molecule has 2 heterocycles. The van der Waals surface area contributed by atoms with Crippen LogP contribution in [-0.2, 0) is 6.18 Å². The van der Waals surface area contributed by atoms with Crippen LogP contribution in [-0.4, -0.2) is 37.1 Å². The third-order valence-electron chi connectivity index (χ3n) is 3.01. The molecule has 0 unspecified atom stereocenters. The minimum atomic E-state index is -4.47. The van der Waals surface area contributed by atoms with Gasteiger partial charge in [0.2, 0.25) is 5.88 Å². The van der Waals surface area contributed by atoms with Crippen molar-refractivity contribution in [2.24, 2.45) is 0 Å². The second kappa shape index (κ2) is 5.21. The highest BCUT2D eigenvalue weighted by Gasteiger charge is 2.33. The van der Waals surface area contributed by atoms with Gasteiger partial charge >= 0.3 is 6.18 Å². The molecule has 0 N–H and O–H groups in total. The highest BCUT2D eigenvalue weighted by Crippen LogP contribution is 2.32. The number of rotatable bonds is 2. The van der Waals surface area contributed by atoms with E-state index in [0.29, 0.717) is 12.1 Å². The van der Waals surface area contributed by atoms with Gasteiger partial charge in [-0.3, -0.25) is 0 Å². The molecule has 3 nitrogen and oxygen atoms in total. The molecule has 0 bridgehead atoms. The Balaban J connectivity index is 2.42. The number of hydrogen-bond donors (Lipinski definition) is 0. The van der Waals surface area contributed by atoms with Crippen LogP contribution in [0, 0.1) is 0 Å². The Morgan fingerprint density at radius 3 is 2.63 bits per heavy atom. The van der Waals surface area contributed by atoms with Crippen molar-refractivity contribution < 1.29 is 17.9 Å². The lowest BCUT2D eigenvalue weighted by Crippen LogP contribution is -2.25. The first-order chi connectivity index (χ1) is 8.90. The molecule has 1 aliphatic rings. The molecular formula is C13H15F3N2O. The molecule has 0 saturated carbocycles. The standard InChI is InChI=1S/C13H15F3N2O/c1-18-5-3-4-9(8-18)10-6-11(13(14,15)16)17-12(7-10)19-2/h4,6-7H,3,5,8H2,1-2H3. The number of nitrogens with zero attached hydrogens (tertiary/aromatic N) is 2. The number of hydrogen-bond acceptors (Lipinski definition) is 3. The van der Waals surface area contributed by atoms with Gasteiger partial charge in [0.15, 0.2) is 0 Å². The lowest BCUT2D eigenvalue weighted by atomic mass is 10.0. The molecule has 104 valence electrons. The van der Waals surface area contributed by atoms with E-state index in [9.17, 15) is 13.2 Å². The average molecular weight is 272 g/mol. The highest BCUT2D eigenvalue weighted by atomic mass is 19.4. The van der Waals surface area contributed by atoms with E-state index in [-0.39, 0.29) is 5.88 Å². The zero-order valence-electron chi connectivity index (χ0n) is 10.8. The topological polar surface area (TPSA) is 25.4 Å². The fourth-order valence-electron chi connectivity index (χ4n) is 2.04. The summed E-state index contributed by atoms with van der Waals surface area (Å²) in [5.41, 5.74) is 0.474. The second-order valence-corrected chi connectivity index (χ2v) is 4.54. The highest BCUT2D eigenvalue weighted by molar-refractivity contribution is 5.68. The van der Waals surface area contributed by atoms with Crippen molar-refractivity contribution in [1.82, 2.24) is 9.88 Å². The molecule has 0 amide bonds. The molecule has 6 heteroatoms. The largest absolute Gasteiger partial charge is 0.481 e. The van der Waals surface area contributed by atoms with Gasteiger partial charge in [0.25, 0.3) is 0 Å². The second-order valence-electron chi connectivity index (χ2n) is 4.54. The van der Waals surface area contributed by atoms with Crippen LogP contribution in [0.1, 0.15) is 17.7 Å². The zero-order valence-corrected chi connectivity index (χ0v) is 10.8. The van der Waals surface area contributed by atoms with E-state index in [4.69, 9.17) is 4.74 Å². The third kappa shape index (κ3) is 3.26. The first kappa shape index (κ1) is 13.9. The average Bonchev–Trinajstić information content (AvgIpc) is 2.37. The smallest absolute Gasteiger partial charge is 0.433 e. The monoisotopic (exact) mass is 272 g/mol. The summed E-state index contributed by atoms with van der Waals surface area (Å²) in [7, 11) is 3.25. The number of aromatic nitrogens is 1. The summed E-state index contributed by atoms with van der Waals surface area (Å²) in [6, 6.07) is 2.62. The van der Waals surface area contributed by atoms with Crippen molar-refractivity contribution in [3.63, 3.8) is 0 Å². The van der Waals surface area contributed by atoms with Crippen LogP contribution in [0.15, 0.2) is 18.2 Å². The quantitative estimate of drug-likeness (QED) is 0.827. The van der Waals surface area contributed by atoms with Gasteiger partial charge in [0, 0.05) is 19.2 Å². The molecule has 0 spiro atoms. The SMILES string of the molecule is COc1cc(C2=CCCN(C)C2)cc(C(F)(F)F)n1. The molecule has 2 rings (SSSR count). The van der Waals surface area contributed by atoms with E-state index in [1.807, 2.05) is 13.1 Å². The van der Waals surface area contributed by atoms with Gasteiger partial charge in [-0.1, -0.05) is 6.08 Å². The molecule has 0 radical (unpaired) electrons. The van der Waals surface area contributed by atoms with E-state index in [1.54, 1.807) is 6.07 Å². The van der Waals surface area contributed by atoms with E-state index < -0.39 is 11.9 Å². The summed E-state index contributed by atoms with van der Waals surface area (Å²) in [4.78, 5) is 5.51. The molecular weight excluding hydrogens is 257 g/mol. The Hall–Kier alpha value is -1.56. The molecule has 1 aromatic rings. The van der Waals surface area contributed by atoms with Crippen LogP contribution in [0.4, 0.5) is 13.2 Å². The van der Waals surface area contributed by atoms with Crippen LogP contribution >= 0.6 is 0 Å². The first-order valence-corrected chi connectivity index (χ1v) is 5.91. The molecule has 1 aromatic heterocycles. The summed E-state index contributed by atoms with van der Waals surface area (Å²) >= 11 is 0. The summed E-state index contributed by atoms with van der Waals surface area (Å²) in [5, 5.41) is 0. The minimum Gasteiger partial charge on any atom is -0.481 e. The third-order valence-corrected chi connectivity index (χ3v) is 3.01. The summed E-state index contributed by atoms with van der Waals surface area (Å²) in [6.07, 6.45) is -1.67. The molecule has 0 saturated heterocycles. The van der Waals surface area contributed by atoms with Gasteiger partial charge in [-0.25, -0.2) is 4.98 Å². The van der Waals surface area contributed by atoms with Crippen molar-refractivity contribution in [2.75, 3.05) is 27.2 Å². The van der Waals surface area contributed by atoms with E-state index >= 15 is 0 Å². The summed E-state index contributed by atoms with van der Waals surface area (Å²) < 4.78 is 43.2. The van der Waals surface area contributed by atoms with Gasteiger partial charge in [-0.05, 0) is 30.7 Å². The van der Waals surface area contributed by atoms with Crippen LogP contribution < -0.4 is 4.74 Å². The number of methoxy groups -OCH3 is 1. The Morgan fingerprint density at radius 1 is 1.32 bits per heavy atom. The molecule has 19 heavy (non-hydrogen) atoms. The van der Waals surface area contributed by atoms with E-state index in [0.717, 1.165) is 24.6 Å². The maximum absolute atomic E-state index is 12.8. The van der Waals surface area contributed by atoms with Crippen molar-refractivity contribution in [3.8, 4) is 5.88 Å². The molecule has 1 aliphatic heterocycles. The van der Waals surface area contributed by atoms with Gasteiger partial charge in [-0.2, -0.15) is 13.2 Å². The molecule has 0 aromatic carbocycles. The predicted molar refractivity (Wildman–Crippen MR) is 65.9 cm³/mol. The molecule has 0 fully saturated rings. The van der Waals surface area contributed by atoms with E-state index in [1.165, 1.54) is 7.11 Å². The van der Waals surface area contributed by atoms with Crippen molar-refractivity contribution in [3.05, 3.63) is 29.5 Å². The molecule has 0 atom stereocenters. The van der Waals surface area contributed by atoms with Gasteiger partial charge in [0.1, 0.15) is 5.69 Å². The van der Waals surface area contributed by atoms with Gasteiger partial charge in [0.05, 0.1) is 7.11 Å². The van der Waals surface area contributed by atoms with Crippen molar-refractivity contribution in [2.45, 2.75) is 12.6 Å². The van der Waals surface area contributed by atoms with Crippen LogP contribution in [0.5, 0.6) is 5.88 Å². The number of pyridine rings is 1. The normalized spacial score (nSPS) is 17.2. The maximum Gasteiger partial charge on any atom is 0.433 e. The number of likely N-dealkylation sites (N-methyl/N-ethyl adjacent to an activating group) is 1. The predicted octanol–water partition coefficient (Wildman–Crippen LogP) is 2.83. The van der Waals surface area contributed by atoms with Gasteiger partial charge in [-0.15, -0.1) is 0 Å². The summed E-state index contributed by atoms with van der Waals surface area (Å²) in [6.45, 7) is 1.54. The fraction of sp³-hybridized carbons (Fsp3) is 0.462. The fourth-order valence-corrected chi connectivity index (χ4v) is 2.04. The summed E-state index contributed by atoms with van der Waals surface area (Å²) in [5.74, 6) is -0.0149. The van der Waals surface area contributed by atoms with Crippen LogP contribution in [0.25, 0.3) is 5.57 Å². The zero-order chi connectivity index (χ0) is 14.0. The van der Waals surface area contributed by atoms with Crippen molar-refractivity contribution >= 4 is 5.57 Å². The Labute approximate surface area is 109 Å². The molecule has 0 aliphatic carbocycles. The Bertz CT molecular complexity index is 497. The first-order valence-electron chi connectivity index (χ1n) is 5.91. The van der Waals surface area contributed by atoms with Crippen molar-refractivity contribution in [1.29, 1.82) is 0 Å². The van der Waals surface area contributed by atoms with E-state index in [2.05, 4.69) is 9.88 Å². The van der Waals surface area contributed by atoms with Crippen LogP contribution in [0.3, 0.4) is 0 Å². The minimum absolute atomic E-state index is 0.0149. The lowest BCUT2D eigenvalue weighted by molar-refractivity contribution is -0.141. The number of halogens is 3. The number of alkyl halides is 3. The maximum atomic E-state index is 12.8.